The predicted octanol–water partition coefficient (Wildman–Crippen LogP) is 3.88. The van der Waals surface area contributed by atoms with Gasteiger partial charge in [-0.05, 0) is 42.8 Å². The van der Waals surface area contributed by atoms with Crippen molar-refractivity contribution in [3.63, 3.8) is 0 Å². The number of amides is 1. The summed E-state index contributed by atoms with van der Waals surface area (Å²) in [7, 11) is 0. The number of nitrogens with zero attached hydrogens (tertiary/aromatic N) is 1. The second-order valence-electron chi connectivity index (χ2n) is 5.31. The zero-order chi connectivity index (χ0) is 16.2. The largest absolute Gasteiger partial charge is 0.486 e. The summed E-state index contributed by atoms with van der Waals surface area (Å²) in [4.78, 5) is 14.5. The summed E-state index contributed by atoms with van der Waals surface area (Å²) in [5.74, 6) is 1.53. The number of hydrogen-bond acceptors (Lipinski definition) is 3. The SMILES string of the molecule is CCN(Cc1ccc2c(c1)OCCO2)C(=O)c1cccc(Br)c1. The summed E-state index contributed by atoms with van der Waals surface area (Å²) in [5.41, 5.74) is 1.71. The van der Waals surface area contributed by atoms with Crippen molar-refractivity contribution in [1.29, 1.82) is 0 Å². The van der Waals surface area contributed by atoms with Crippen molar-refractivity contribution in [3.05, 3.63) is 58.1 Å². The Labute approximate surface area is 144 Å². The molecule has 2 aromatic carbocycles. The van der Waals surface area contributed by atoms with Crippen LogP contribution in [0.15, 0.2) is 46.9 Å². The lowest BCUT2D eigenvalue weighted by atomic mass is 10.1. The molecule has 0 spiro atoms. The molecular weight excluding hydrogens is 358 g/mol. The number of carbonyl (C=O) groups excluding carboxylic acids is 1. The number of benzene rings is 2. The Bertz CT molecular complexity index is 717. The highest BCUT2D eigenvalue weighted by atomic mass is 79.9. The number of halogens is 1. The fourth-order valence-corrected chi connectivity index (χ4v) is 2.94. The lowest BCUT2D eigenvalue weighted by Crippen LogP contribution is -2.30. The molecule has 0 saturated heterocycles. The minimum atomic E-state index is 0.0173. The maximum absolute atomic E-state index is 12.7. The average molecular weight is 376 g/mol. The Morgan fingerprint density at radius 3 is 2.65 bits per heavy atom. The van der Waals surface area contributed by atoms with Gasteiger partial charge in [0.1, 0.15) is 13.2 Å². The number of carbonyl (C=O) groups is 1. The normalized spacial score (nSPS) is 12.8. The third-order valence-corrected chi connectivity index (χ3v) is 4.21. The minimum absolute atomic E-state index is 0.0173. The number of rotatable bonds is 4. The summed E-state index contributed by atoms with van der Waals surface area (Å²) in [6.45, 7) is 4.30. The maximum atomic E-state index is 12.7. The molecular formula is C18H18BrNO3. The smallest absolute Gasteiger partial charge is 0.254 e. The molecule has 4 nitrogen and oxygen atoms in total. The van der Waals surface area contributed by atoms with Gasteiger partial charge in [0.15, 0.2) is 11.5 Å². The monoisotopic (exact) mass is 375 g/mol. The van der Waals surface area contributed by atoms with E-state index in [9.17, 15) is 4.79 Å². The molecule has 23 heavy (non-hydrogen) atoms. The van der Waals surface area contributed by atoms with Gasteiger partial charge in [-0.15, -0.1) is 0 Å². The Balaban J connectivity index is 1.78. The van der Waals surface area contributed by atoms with E-state index in [-0.39, 0.29) is 5.91 Å². The molecule has 2 aromatic rings. The molecule has 0 radical (unpaired) electrons. The van der Waals surface area contributed by atoms with E-state index in [0.717, 1.165) is 21.5 Å². The van der Waals surface area contributed by atoms with E-state index in [0.29, 0.717) is 31.9 Å². The molecule has 0 fully saturated rings. The molecule has 0 saturated carbocycles. The highest BCUT2D eigenvalue weighted by Gasteiger charge is 2.17. The predicted molar refractivity (Wildman–Crippen MR) is 92.0 cm³/mol. The standard InChI is InChI=1S/C18H18BrNO3/c1-2-20(18(21)14-4-3-5-15(19)11-14)12-13-6-7-16-17(10-13)23-9-8-22-16/h3-7,10-11H,2,8-9,12H2,1H3. The molecule has 120 valence electrons. The first kappa shape index (κ1) is 15.9. The Morgan fingerprint density at radius 2 is 1.91 bits per heavy atom. The summed E-state index contributed by atoms with van der Waals surface area (Å²) < 4.78 is 12.0. The van der Waals surface area contributed by atoms with Gasteiger partial charge in [-0.25, -0.2) is 0 Å². The summed E-state index contributed by atoms with van der Waals surface area (Å²) in [5, 5.41) is 0. The van der Waals surface area contributed by atoms with Gasteiger partial charge in [0, 0.05) is 23.1 Å². The van der Waals surface area contributed by atoms with Crippen LogP contribution in [-0.4, -0.2) is 30.6 Å². The van der Waals surface area contributed by atoms with Crippen LogP contribution < -0.4 is 9.47 Å². The van der Waals surface area contributed by atoms with Crippen molar-refractivity contribution in [2.75, 3.05) is 19.8 Å². The summed E-state index contributed by atoms with van der Waals surface area (Å²) >= 11 is 3.41. The molecule has 0 bridgehead atoms. The molecule has 1 aliphatic heterocycles. The maximum Gasteiger partial charge on any atom is 0.254 e. The van der Waals surface area contributed by atoms with E-state index in [1.807, 2.05) is 54.3 Å². The van der Waals surface area contributed by atoms with E-state index < -0.39 is 0 Å². The van der Waals surface area contributed by atoms with E-state index in [2.05, 4.69) is 15.9 Å². The van der Waals surface area contributed by atoms with Gasteiger partial charge < -0.3 is 14.4 Å². The molecule has 0 N–H and O–H groups in total. The van der Waals surface area contributed by atoms with E-state index in [4.69, 9.17) is 9.47 Å². The molecule has 1 heterocycles. The lowest BCUT2D eigenvalue weighted by molar-refractivity contribution is 0.0752. The second-order valence-corrected chi connectivity index (χ2v) is 6.22. The first-order valence-electron chi connectivity index (χ1n) is 7.60. The first-order valence-corrected chi connectivity index (χ1v) is 8.40. The molecule has 1 aliphatic rings. The first-order chi connectivity index (χ1) is 11.2. The van der Waals surface area contributed by atoms with Crippen LogP contribution in [0.3, 0.4) is 0 Å². The Morgan fingerprint density at radius 1 is 1.13 bits per heavy atom. The lowest BCUT2D eigenvalue weighted by Gasteiger charge is -2.23. The number of fused-ring (bicyclic) bond motifs is 1. The molecule has 3 rings (SSSR count). The van der Waals surface area contributed by atoms with Crippen molar-refractivity contribution in [2.45, 2.75) is 13.5 Å². The van der Waals surface area contributed by atoms with Gasteiger partial charge in [-0.3, -0.25) is 4.79 Å². The van der Waals surface area contributed by atoms with Crippen LogP contribution in [0.5, 0.6) is 11.5 Å². The average Bonchev–Trinajstić information content (AvgIpc) is 2.59. The molecule has 5 heteroatoms. The van der Waals surface area contributed by atoms with Crippen LogP contribution in [-0.2, 0) is 6.54 Å². The van der Waals surface area contributed by atoms with Crippen molar-refractivity contribution >= 4 is 21.8 Å². The topological polar surface area (TPSA) is 38.8 Å². The van der Waals surface area contributed by atoms with Crippen LogP contribution >= 0.6 is 15.9 Å². The van der Waals surface area contributed by atoms with Gasteiger partial charge in [0.2, 0.25) is 0 Å². The third kappa shape index (κ3) is 3.67. The zero-order valence-corrected chi connectivity index (χ0v) is 14.5. The van der Waals surface area contributed by atoms with E-state index in [1.54, 1.807) is 0 Å². The van der Waals surface area contributed by atoms with Crippen molar-refractivity contribution in [2.24, 2.45) is 0 Å². The minimum Gasteiger partial charge on any atom is -0.486 e. The van der Waals surface area contributed by atoms with Gasteiger partial charge in [-0.2, -0.15) is 0 Å². The summed E-state index contributed by atoms with van der Waals surface area (Å²) in [6.07, 6.45) is 0. The van der Waals surface area contributed by atoms with Gasteiger partial charge in [0.25, 0.3) is 5.91 Å². The number of hydrogen-bond donors (Lipinski definition) is 0. The second kappa shape index (κ2) is 7.04. The van der Waals surface area contributed by atoms with Crippen molar-refractivity contribution in [1.82, 2.24) is 4.90 Å². The van der Waals surface area contributed by atoms with Gasteiger partial charge in [0.05, 0.1) is 0 Å². The van der Waals surface area contributed by atoms with Crippen LogP contribution in [0, 0.1) is 0 Å². The fourth-order valence-electron chi connectivity index (χ4n) is 2.54. The molecule has 0 atom stereocenters. The highest BCUT2D eigenvalue weighted by Crippen LogP contribution is 2.31. The zero-order valence-electron chi connectivity index (χ0n) is 12.9. The van der Waals surface area contributed by atoms with Crippen LogP contribution in [0.25, 0.3) is 0 Å². The molecule has 0 aliphatic carbocycles. The Hall–Kier alpha value is -2.01. The number of ether oxygens (including phenoxy) is 2. The van der Waals surface area contributed by atoms with Crippen molar-refractivity contribution in [3.8, 4) is 11.5 Å². The van der Waals surface area contributed by atoms with E-state index >= 15 is 0 Å². The molecule has 0 unspecified atom stereocenters. The fraction of sp³-hybridized carbons (Fsp3) is 0.278. The summed E-state index contributed by atoms with van der Waals surface area (Å²) in [6, 6.07) is 13.3. The van der Waals surface area contributed by atoms with Crippen molar-refractivity contribution < 1.29 is 14.3 Å². The van der Waals surface area contributed by atoms with Crippen LogP contribution in [0.4, 0.5) is 0 Å². The van der Waals surface area contributed by atoms with Crippen LogP contribution in [0.2, 0.25) is 0 Å². The molecule has 0 aromatic heterocycles. The van der Waals surface area contributed by atoms with Gasteiger partial charge in [-0.1, -0.05) is 28.1 Å². The highest BCUT2D eigenvalue weighted by molar-refractivity contribution is 9.10. The quantitative estimate of drug-likeness (QED) is 0.813. The third-order valence-electron chi connectivity index (χ3n) is 3.72. The molecule has 1 amide bonds. The van der Waals surface area contributed by atoms with Crippen LogP contribution in [0.1, 0.15) is 22.8 Å². The van der Waals surface area contributed by atoms with E-state index in [1.165, 1.54) is 0 Å². The Kier molecular flexibility index (Phi) is 4.86. The van der Waals surface area contributed by atoms with Gasteiger partial charge >= 0.3 is 0 Å².